The van der Waals surface area contributed by atoms with Crippen molar-refractivity contribution in [2.24, 2.45) is 0 Å². The molecule has 0 unspecified atom stereocenters. The first-order valence-electron chi connectivity index (χ1n) is 3.68. The Bertz CT molecular complexity index is 453. The molecular weight excluding hydrogens is 228 g/mol. The van der Waals surface area contributed by atoms with E-state index in [0.717, 1.165) is 6.07 Å². The number of hydrogen-bond donors (Lipinski definition) is 1. The smallest absolute Gasteiger partial charge is 0.298 e. The van der Waals surface area contributed by atoms with Gasteiger partial charge < -0.3 is 4.74 Å². The number of benzene rings is 1. The summed E-state index contributed by atoms with van der Waals surface area (Å²) >= 11 is 5.72. The van der Waals surface area contributed by atoms with Crippen molar-refractivity contribution < 1.29 is 17.7 Å². The number of methoxy groups -OCH3 is 1. The maximum atomic E-state index is 10.9. The lowest BCUT2D eigenvalue weighted by molar-refractivity contribution is 0.397. The zero-order valence-electron chi connectivity index (χ0n) is 7.61. The van der Waals surface area contributed by atoms with Gasteiger partial charge in [0.25, 0.3) is 10.1 Å². The summed E-state index contributed by atoms with van der Waals surface area (Å²) in [5, 5.41) is 0.262. The Morgan fingerprint density at radius 1 is 1.43 bits per heavy atom. The molecule has 1 N–H and O–H groups in total. The molecule has 0 aliphatic heterocycles. The van der Waals surface area contributed by atoms with Crippen LogP contribution in [0.4, 0.5) is 0 Å². The Morgan fingerprint density at radius 2 is 2.00 bits per heavy atom. The van der Waals surface area contributed by atoms with Crippen LogP contribution in [0.2, 0.25) is 5.02 Å². The van der Waals surface area contributed by atoms with Gasteiger partial charge in [-0.1, -0.05) is 11.6 Å². The molecule has 0 spiro atoms. The molecule has 1 aromatic carbocycles. The van der Waals surface area contributed by atoms with E-state index < -0.39 is 10.1 Å². The van der Waals surface area contributed by atoms with Gasteiger partial charge in [0.2, 0.25) is 0 Å². The minimum absolute atomic E-state index is 0.0781. The van der Waals surface area contributed by atoms with E-state index in [1.165, 1.54) is 13.2 Å². The maximum absolute atomic E-state index is 10.9. The van der Waals surface area contributed by atoms with Crippen LogP contribution in [0.15, 0.2) is 17.0 Å². The molecule has 0 radical (unpaired) electrons. The van der Waals surface area contributed by atoms with Gasteiger partial charge in [-0.15, -0.1) is 0 Å². The highest BCUT2D eigenvalue weighted by atomic mass is 35.5. The number of aryl methyl sites for hydroxylation is 1. The van der Waals surface area contributed by atoms with E-state index in [0.29, 0.717) is 5.56 Å². The second kappa shape index (κ2) is 3.76. The first-order chi connectivity index (χ1) is 6.36. The molecule has 0 amide bonds. The second-order valence-electron chi connectivity index (χ2n) is 2.73. The van der Waals surface area contributed by atoms with Crippen LogP contribution < -0.4 is 4.74 Å². The van der Waals surface area contributed by atoms with Crippen LogP contribution in [0.5, 0.6) is 5.75 Å². The average molecular weight is 237 g/mol. The van der Waals surface area contributed by atoms with E-state index in [2.05, 4.69) is 0 Å². The van der Waals surface area contributed by atoms with E-state index in [1.807, 2.05) is 0 Å². The van der Waals surface area contributed by atoms with E-state index in [4.69, 9.17) is 20.9 Å². The normalized spacial score (nSPS) is 11.4. The molecule has 4 nitrogen and oxygen atoms in total. The molecule has 1 aromatic rings. The minimum Gasteiger partial charge on any atom is -0.495 e. The summed E-state index contributed by atoms with van der Waals surface area (Å²) in [5.74, 6) is 0.0781. The first-order valence-corrected chi connectivity index (χ1v) is 5.49. The molecule has 0 aliphatic rings. The molecule has 0 fully saturated rings. The number of rotatable bonds is 2. The Kier molecular flexibility index (Phi) is 3.04. The van der Waals surface area contributed by atoms with Crippen molar-refractivity contribution in [2.45, 2.75) is 11.8 Å². The maximum Gasteiger partial charge on any atom is 0.298 e. The summed E-state index contributed by atoms with van der Waals surface area (Å²) in [7, 11) is -2.98. The van der Waals surface area contributed by atoms with Crippen molar-refractivity contribution in [1.29, 1.82) is 0 Å². The van der Waals surface area contributed by atoms with Gasteiger partial charge in [-0.05, 0) is 24.6 Å². The SMILES string of the molecule is COc1cc(C)c(Cl)cc1S(=O)(=O)O. The van der Waals surface area contributed by atoms with Crippen molar-refractivity contribution in [3.8, 4) is 5.75 Å². The van der Waals surface area contributed by atoms with Crippen molar-refractivity contribution in [2.75, 3.05) is 7.11 Å². The van der Waals surface area contributed by atoms with Gasteiger partial charge in [0.15, 0.2) is 0 Å². The highest BCUT2D eigenvalue weighted by Crippen LogP contribution is 2.29. The molecule has 0 aromatic heterocycles. The summed E-state index contributed by atoms with van der Waals surface area (Å²) in [4.78, 5) is -0.324. The predicted octanol–water partition coefficient (Wildman–Crippen LogP) is 1.90. The van der Waals surface area contributed by atoms with Crippen molar-refractivity contribution in [1.82, 2.24) is 0 Å². The van der Waals surface area contributed by atoms with Crippen LogP contribution in [0, 0.1) is 6.92 Å². The largest absolute Gasteiger partial charge is 0.495 e. The summed E-state index contributed by atoms with van der Waals surface area (Å²) in [6.45, 7) is 1.71. The van der Waals surface area contributed by atoms with Gasteiger partial charge in [-0.25, -0.2) is 0 Å². The highest BCUT2D eigenvalue weighted by molar-refractivity contribution is 7.86. The number of halogens is 1. The van der Waals surface area contributed by atoms with Gasteiger partial charge in [0.05, 0.1) is 7.11 Å². The molecular formula is C8H9ClO4S. The molecule has 1 rings (SSSR count). The number of hydrogen-bond acceptors (Lipinski definition) is 3. The van der Waals surface area contributed by atoms with E-state index >= 15 is 0 Å². The molecule has 14 heavy (non-hydrogen) atoms. The highest BCUT2D eigenvalue weighted by Gasteiger charge is 2.17. The van der Waals surface area contributed by atoms with Crippen molar-refractivity contribution >= 4 is 21.7 Å². The minimum atomic E-state index is -4.29. The van der Waals surface area contributed by atoms with Gasteiger partial charge in [-0.3, -0.25) is 4.55 Å². The average Bonchev–Trinajstić information content (AvgIpc) is 2.07. The summed E-state index contributed by atoms with van der Waals surface area (Å²) < 4.78 is 35.4. The molecule has 0 aliphatic carbocycles. The Labute approximate surface area is 87.2 Å². The van der Waals surface area contributed by atoms with Crippen LogP contribution >= 0.6 is 11.6 Å². The Hall–Kier alpha value is -0.780. The van der Waals surface area contributed by atoms with Crippen molar-refractivity contribution in [3.05, 3.63) is 22.7 Å². The fourth-order valence-corrected chi connectivity index (χ4v) is 1.89. The predicted molar refractivity (Wildman–Crippen MR) is 52.6 cm³/mol. The molecule has 0 atom stereocenters. The van der Waals surface area contributed by atoms with E-state index in [1.54, 1.807) is 6.92 Å². The number of ether oxygens (including phenoxy) is 1. The van der Waals surface area contributed by atoms with Crippen LogP contribution in [0.1, 0.15) is 5.56 Å². The van der Waals surface area contributed by atoms with Crippen LogP contribution in [-0.4, -0.2) is 20.1 Å². The molecule has 6 heteroatoms. The summed E-state index contributed by atoms with van der Waals surface area (Å²) in [6.07, 6.45) is 0. The quantitative estimate of drug-likeness (QED) is 0.797. The van der Waals surface area contributed by atoms with Gasteiger partial charge >= 0.3 is 0 Å². The third-order valence-corrected chi connectivity index (χ3v) is 3.00. The second-order valence-corrected chi connectivity index (χ2v) is 4.52. The third-order valence-electron chi connectivity index (χ3n) is 1.72. The van der Waals surface area contributed by atoms with Gasteiger partial charge in [-0.2, -0.15) is 8.42 Å². The zero-order chi connectivity index (χ0) is 10.9. The lowest BCUT2D eigenvalue weighted by Gasteiger charge is -2.07. The van der Waals surface area contributed by atoms with Crippen molar-refractivity contribution in [3.63, 3.8) is 0 Å². The monoisotopic (exact) mass is 236 g/mol. The van der Waals surface area contributed by atoms with Crippen LogP contribution in [0.3, 0.4) is 0 Å². The topological polar surface area (TPSA) is 63.6 Å². The molecule has 0 saturated carbocycles. The fraction of sp³-hybridized carbons (Fsp3) is 0.250. The van der Waals surface area contributed by atoms with E-state index in [-0.39, 0.29) is 15.7 Å². The van der Waals surface area contributed by atoms with E-state index in [9.17, 15) is 8.42 Å². The standard InChI is InChI=1S/C8H9ClO4S/c1-5-3-7(13-2)8(4-6(5)9)14(10,11)12/h3-4H,1-2H3,(H,10,11,12). The zero-order valence-corrected chi connectivity index (χ0v) is 9.19. The van der Waals surface area contributed by atoms with Crippen LogP contribution in [-0.2, 0) is 10.1 Å². The Balaban J connectivity index is 3.51. The lowest BCUT2D eigenvalue weighted by Crippen LogP contribution is -2.02. The summed E-state index contributed by atoms with van der Waals surface area (Å²) in [5.41, 5.74) is 0.677. The molecule has 0 saturated heterocycles. The summed E-state index contributed by atoms with van der Waals surface area (Å²) in [6, 6.07) is 2.61. The van der Waals surface area contributed by atoms with Crippen LogP contribution in [0.25, 0.3) is 0 Å². The fourth-order valence-electron chi connectivity index (χ4n) is 0.998. The first kappa shape index (κ1) is 11.3. The lowest BCUT2D eigenvalue weighted by atomic mass is 10.2. The Morgan fingerprint density at radius 3 is 2.43 bits per heavy atom. The molecule has 0 heterocycles. The van der Waals surface area contributed by atoms with Gasteiger partial charge in [0, 0.05) is 5.02 Å². The van der Waals surface area contributed by atoms with Gasteiger partial charge in [0.1, 0.15) is 10.6 Å². The molecule has 0 bridgehead atoms. The molecule has 78 valence electrons. The third kappa shape index (κ3) is 2.17.